The summed E-state index contributed by atoms with van der Waals surface area (Å²) in [6, 6.07) is 14.1. The van der Waals surface area contributed by atoms with Crippen LogP contribution in [-0.2, 0) is 0 Å². The number of hydrogen-bond acceptors (Lipinski definition) is 3. The summed E-state index contributed by atoms with van der Waals surface area (Å²) in [5.74, 6) is 0.813. The van der Waals surface area contributed by atoms with Gasteiger partial charge in [-0.25, -0.2) is 9.67 Å². The van der Waals surface area contributed by atoms with Gasteiger partial charge in [-0.15, -0.1) is 5.10 Å². The fourth-order valence-electron chi connectivity index (χ4n) is 1.84. The lowest BCUT2D eigenvalue weighted by molar-refractivity contribution is 0.102. The van der Waals surface area contributed by atoms with Gasteiger partial charge in [0.1, 0.15) is 0 Å². The number of rotatable bonds is 3. The van der Waals surface area contributed by atoms with Crippen LogP contribution < -0.4 is 5.32 Å². The average molecular weight is 299 g/mol. The van der Waals surface area contributed by atoms with Gasteiger partial charge in [-0.2, -0.15) is 0 Å². The molecule has 1 aromatic carbocycles. The molecule has 3 aromatic rings. The van der Waals surface area contributed by atoms with E-state index in [1.54, 1.807) is 47.4 Å². The highest BCUT2D eigenvalue weighted by Crippen LogP contribution is 2.16. The fourth-order valence-corrected chi connectivity index (χ4v) is 2.06. The molecule has 0 spiro atoms. The quantitative estimate of drug-likeness (QED) is 0.808. The Hall–Kier alpha value is -2.66. The molecule has 1 N–H and O–H groups in total. The Kier molecular flexibility index (Phi) is 3.66. The predicted octanol–water partition coefficient (Wildman–Crippen LogP) is 3.17. The van der Waals surface area contributed by atoms with Crippen molar-refractivity contribution in [2.75, 3.05) is 5.32 Å². The predicted molar refractivity (Wildman–Crippen MR) is 80.8 cm³/mol. The smallest absolute Gasteiger partial charge is 0.258 e. The number of anilines is 1. The lowest BCUT2D eigenvalue weighted by Crippen LogP contribution is -2.13. The zero-order valence-corrected chi connectivity index (χ0v) is 11.7. The molecule has 0 saturated heterocycles. The molecule has 0 aliphatic carbocycles. The van der Waals surface area contributed by atoms with E-state index in [2.05, 4.69) is 15.4 Å². The molecule has 5 nitrogen and oxygen atoms in total. The molecule has 0 unspecified atom stereocenters. The number of nitrogens with zero attached hydrogens (tertiary/aromatic N) is 3. The van der Waals surface area contributed by atoms with Gasteiger partial charge in [0.15, 0.2) is 11.6 Å². The number of carbonyl (C=O) groups is 1. The number of benzene rings is 1. The molecule has 0 aliphatic rings. The molecule has 0 saturated carbocycles. The average Bonchev–Trinajstić information content (AvgIpc) is 2.97. The Morgan fingerprint density at radius 2 is 1.90 bits per heavy atom. The summed E-state index contributed by atoms with van der Waals surface area (Å²) >= 11 is 5.99. The Labute approximate surface area is 126 Å². The summed E-state index contributed by atoms with van der Waals surface area (Å²) in [5.41, 5.74) is 0.409. The number of pyridine rings is 1. The van der Waals surface area contributed by atoms with Crippen LogP contribution in [0.25, 0.3) is 5.82 Å². The molecule has 0 bridgehead atoms. The lowest BCUT2D eigenvalue weighted by atomic mass is 10.2. The fraction of sp³-hybridized carbons (Fsp3) is 0. The minimum atomic E-state index is -0.299. The zero-order valence-electron chi connectivity index (χ0n) is 10.9. The Bertz CT molecular complexity index is 770. The molecule has 0 radical (unpaired) electrons. The van der Waals surface area contributed by atoms with Crippen LogP contribution in [0.4, 0.5) is 5.82 Å². The van der Waals surface area contributed by atoms with Gasteiger partial charge in [-0.3, -0.25) is 4.79 Å². The third-order valence-corrected chi connectivity index (χ3v) is 3.16. The van der Waals surface area contributed by atoms with E-state index < -0.39 is 0 Å². The summed E-state index contributed by atoms with van der Waals surface area (Å²) in [6.45, 7) is 0. The first-order valence-electron chi connectivity index (χ1n) is 6.27. The van der Waals surface area contributed by atoms with Crippen LogP contribution in [0.3, 0.4) is 0 Å². The van der Waals surface area contributed by atoms with E-state index in [0.29, 0.717) is 22.2 Å². The minimum absolute atomic E-state index is 0.299. The molecule has 0 fully saturated rings. The molecule has 6 heteroatoms. The highest BCUT2D eigenvalue weighted by Gasteiger charge is 2.11. The maximum absolute atomic E-state index is 12.1. The lowest BCUT2D eigenvalue weighted by Gasteiger charge is -2.04. The van der Waals surface area contributed by atoms with E-state index in [-0.39, 0.29) is 5.91 Å². The highest BCUT2D eigenvalue weighted by molar-refractivity contribution is 6.34. The first kappa shape index (κ1) is 13.3. The molecule has 21 heavy (non-hydrogen) atoms. The summed E-state index contributed by atoms with van der Waals surface area (Å²) in [6.07, 6.45) is 3.41. The van der Waals surface area contributed by atoms with Crippen molar-refractivity contribution in [3.63, 3.8) is 0 Å². The van der Waals surface area contributed by atoms with Crippen LogP contribution in [-0.4, -0.2) is 20.7 Å². The second kappa shape index (κ2) is 5.76. The first-order chi connectivity index (χ1) is 10.2. The van der Waals surface area contributed by atoms with Crippen LogP contribution in [0.15, 0.2) is 60.9 Å². The minimum Gasteiger partial charge on any atom is -0.305 e. The van der Waals surface area contributed by atoms with Crippen LogP contribution in [0, 0.1) is 0 Å². The van der Waals surface area contributed by atoms with Gasteiger partial charge in [0.25, 0.3) is 5.91 Å². The van der Waals surface area contributed by atoms with Crippen LogP contribution in [0.1, 0.15) is 10.4 Å². The normalized spacial score (nSPS) is 10.3. The molecule has 2 aromatic heterocycles. The first-order valence-corrected chi connectivity index (χ1v) is 6.65. The number of nitrogens with one attached hydrogen (secondary N) is 1. The molecule has 104 valence electrons. The molecular weight excluding hydrogens is 288 g/mol. The number of aromatic nitrogens is 3. The van der Waals surface area contributed by atoms with Crippen molar-refractivity contribution in [3.8, 4) is 5.82 Å². The third-order valence-electron chi connectivity index (χ3n) is 2.83. The molecule has 2 heterocycles. The number of amides is 1. The monoisotopic (exact) mass is 298 g/mol. The van der Waals surface area contributed by atoms with E-state index >= 15 is 0 Å². The Balaban J connectivity index is 1.79. The van der Waals surface area contributed by atoms with Crippen molar-refractivity contribution in [1.29, 1.82) is 0 Å². The van der Waals surface area contributed by atoms with E-state index in [1.807, 2.05) is 18.2 Å². The van der Waals surface area contributed by atoms with Crippen molar-refractivity contribution < 1.29 is 4.79 Å². The molecular formula is C15H11ClN4O. The van der Waals surface area contributed by atoms with Crippen LogP contribution in [0.5, 0.6) is 0 Å². The third kappa shape index (κ3) is 2.93. The number of hydrogen-bond donors (Lipinski definition) is 1. The van der Waals surface area contributed by atoms with Crippen molar-refractivity contribution >= 4 is 23.3 Å². The van der Waals surface area contributed by atoms with E-state index in [1.165, 1.54) is 0 Å². The topological polar surface area (TPSA) is 59.8 Å². The maximum atomic E-state index is 12.1. The molecule has 1 amide bonds. The van der Waals surface area contributed by atoms with Gasteiger partial charge in [0.2, 0.25) is 0 Å². The van der Waals surface area contributed by atoms with E-state index in [9.17, 15) is 4.79 Å². The van der Waals surface area contributed by atoms with Gasteiger partial charge in [0, 0.05) is 18.5 Å². The molecule has 0 atom stereocenters. The SMILES string of the molecule is O=C(Nc1ccn(-c2ccccn2)n1)c1ccccc1Cl. The highest BCUT2D eigenvalue weighted by atomic mass is 35.5. The van der Waals surface area contributed by atoms with Crippen LogP contribution in [0.2, 0.25) is 5.02 Å². The standard InChI is InChI=1S/C15H11ClN4O/c16-12-6-2-1-5-11(12)15(21)18-13-8-10-20(19-13)14-7-3-4-9-17-14/h1-10H,(H,18,19,21). The molecule has 3 rings (SSSR count). The number of carbonyl (C=O) groups excluding carboxylic acids is 1. The summed E-state index contributed by atoms with van der Waals surface area (Å²) in [4.78, 5) is 16.3. The van der Waals surface area contributed by atoms with Gasteiger partial charge in [-0.05, 0) is 24.3 Å². The van der Waals surface area contributed by atoms with E-state index in [0.717, 1.165) is 0 Å². The summed E-state index contributed by atoms with van der Waals surface area (Å²) < 4.78 is 1.59. The van der Waals surface area contributed by atoms with Crippen molar-refractivity contribution in [2.24, 2.45) is 0 Å². The summed E-state index contributed by atoms with van der Waals surface area (Å²) in [5, 5.41) is 7.36. The van der Waals surface area contributed by atoms with E-state index in [4.69, 9.17) is 11.6 Å². The van der Waals surface area contributed by atoms with Crippen molar-refractivity contribution in [3.05, 3.63) is 71.5 Å². The number of halogens is 1. The Morgan fingerprint density at radius 1 is 1.10 bits per heavy atom. The van der Waals surface area contributed by atoms with Crippen LogP contribution >= 0.6 is 11.6 Å². The summed E-state index contributed by atoms with van der Waals surface area (Å²) in [7, 11) is 0. The second-order valence-electron chi connectivity index (χ2n) is 4.27. The largest absolute Gasteiger partial charge is 0.305 e. The van der Waals surface area contributed by atoms with Gasteiger partial charge in [0.05, 0.1) is 10.6 Å². The Morgan fingerprint density at radius 3 is 2.67 bits per heavy atom. The molecule has 0 aliphatic heterocycles. The van der Waals surface area contributed by atoms with Gasteiger partial charge >= 0.3 is 0 Å². The maximum Gasteiger partial charge on any atom is 0.258 e. The zero-order chi connectivity index (χ0) is 14.7. The van der Waals surface area contributed by atoms with Gasteiger partial charge in [-0.1, -0.05) is 29.8 Å². The van der Waals surface area contributed by atoms with Crippen molar-refractivity contribution in [2.45, 2.75) is 0 Å². The van der Waals surface area contributed by atoms with Crippen molar-refractivity contribution in [1.82, 2.24) is 14.8 Å². The second-order valence-corrected chi connectivity index (χ2v) is 4.67. The van der Waals surface area contributed by atoms with Gasteiger partial charge < -0.3 is 5.32 Å².